The van der Waals surface area contributed by atoms with Gasteiger partial charge in [-0.15, -0.1) is 6.42 Å². The lowest BCUT2D eigenvalue weighted by Gasteiger charge is -2.01. The molecule has 0 atom stereocenters. The molecule has 56 valence electrons. The van der Waals surface area contributed by atoms with E-state index in [0.717, 1.165) is 0 Å². The monoisotopic (exact) mass is 142 g/mol. The Morgan fingerprint density at radius 3 is 2.80 bits per heavy atom. The van der Waals surface area contributed by atoms with Gasteiger partial charge >= 0.3 is 6.03 Å². The zero-order valence-corrected chi connectivity index (χ0v) is 5.55. The number of rotatable bonds is 3. The van der Waals surface area contributed by atoms with Crippen LogP contribution >= 0.6 is 0 Å². The maximum atomic E-state index is 10.5. The average molecular weight is 142 g/mol. The van der Waals surface area contributed by atoms with Crippen molar-refractivity contribution in [1.29, 1.82) is 0 Å². The largest absolute Gasteiger partial charge is 0.395 e. The minimum atomic E-state index is -0.355. The van der Waals surface area contributed by atoms with E-state index in [2.05, 4.69) is 16.6 Å². The number of urea groups is 1. The Morgan fingerprint density at radius 2 is 2.30 bits per heavy atom. The smallest absolute Gasteiger partial charge is 0.315 e. The van der Waals surface area contributed by atoms with Gasteiger partial charge in [-0.25, -0.2) is 4.79 Å². The third-order valence-electron chi connectivity index (χ3n) is 0.748. The molecule has 0 spiro atoms. The molecule has 4 nitrogen and oxygen atoms in total. The summed E-state index contributed by atoms with van der Waals surface area (Å²) in [6.45, 7) is 0.386. The molecule has 0 unspecified atom stereocenters. The molecule has 0 aromatic rings. The molecule has 0 rings (SSSR count). The number of terminal acetylenes is 1. The van der Waals surface area contributed by atoms with E-state index >= 15 is 0 Å². The highest BCUT2D eigenvalue weighted by Crippen LogP contribution is 1.62. The van der Waals surface area contributed by atoms with Crippen LogP contribution in [0, 0.1) is 12.3 Å². The maximum Gasteiger partial charge on any atom is 0.315 e. The summed E-state index contributed by atoms with van der Waals surface area (Å²) in [5.74, 6) is 2.24. The number of aliphatic hydroxyl groups excluding tert-OH is 1. The fourth-order valence-electron chi connectivity index (χ4n) is 0.363. The summed E-state index contributed by atoms with van der Waals surface area (Å²) in [5, 5.41) is 13.0. The number of hydrogen-bond donors (Lipinski definition) is 3. The molecule has 0 radical (unpaired) electrons. The topological polar surface area (TPSA) is 61.4 Å². The van der Waals surface area contributed by atoms with Crippen molar-refractivity contribution in [2.24, 2.45) is 0 Å². The van der Waals surface area contributed by atoms with E-state index in [9.17, 15) is 4.79 Å². The van der Waals surface area contributed by atoms with Gasteiger partial charge in [-0.05, 0) is 0 Å². The van der Waals surface area contributed by atoms with E-state index in [-0.39, 0.29) is 25.7 Å². The van der Waals surface area contributed by atoms with Gasteiger partial charge in [0.2, 0.25) is 0 Å². The predicted octanol–water partition coefficient (Wildman–Crippen LogP) is -1.09. The van der Waals surface area contributed by atoms with Gasteiger partial charge in [-0.2, -0.15) is 0 Å². The average Bonchev–Trinajstić information content (AvgIpc) is 1.97. The molecule has 0 aliphatic carbocycles. The van der Waals surface area contributed by atoms with Crippen molar-refractivity contribution >= 4 is 6.03 Å². The van der Waals surface area contributed by atoms with Crippen LogP contribution in [0.2, 0.25) is 0 Å². The van der Waals surface area contributed by atoms with Gasteiger partial charge in [0, 0.05) is 6.54 Å². The molecule has 0 saturated heterocycles. The molecule has 0 aromatic carbocycles. The van der Waals surface area contributed by atoms with Crippen molar-refractivity contribution in [1.82, 2.24) is 10.6 Å². The van der Waals surface area contributed by atoms with Gasteiger partial charge < -0.3 is 15.7 Å². The quantitative estimate of drug-likeness (QED) is 0.438. The molecule has 3 N–H and O–H groups in total. The third-order valence-corrected chi connectivity index (χ3v) is 0.748. The zero-order chi connectivity index (χ0) is 7.82. The second-order valence-electron chi connectivity index (χ2n) is 1.54. The lowest BCUT2D eigenvalue weighted by atomic mass is 10.6. The lowest BCUT2D eigenvalue weighted by molar-refractivity contribution is 0.235. The highest BCUT2D eigenvalue weighted by atomic mass is 16.3. The first-order chi connectivity index (χ1) is 4.81. The molecule has 0 saturated carbocycles. The normalized spacial score (nSPS) is 8.00. The summed E-state index contributed by atoms with van der Waals surface area (Å²) in [6.07, 6.45) is 4.86. The van der Waals surface area contributed by atoms with Gasteiger partial charge in [0.15, 0.2) is 0 Å². The fraction of sp³-hybridized carbons (Fsp3) is 0.500. The van der Waals surface area contributed by atoms with Gasteiger partial charge in [-0.1, -0.05) is 5.92 Å². The predicted molar refractivity (Wildman–Crippen MR) is 37.3 cm³/mol. The Bertz CT molecular complexity index is 139. The van der Waals surface area contributed by atoms with E-state index in [1.165, 1.54) is 0 Å². The Hall–Kier alpha value is -1.21. The Balaban J connectivity index is 3.19. The van der Waals surface area contributed by atoms with E-state index in [4.69, 9.17) is 11.5 Å². The first kappa shape index (κ1) is 8.79. The molecule has 10 heavy (non-hydrogen) atoms. The number of amides is 2. The van der Waals surface area contributed by atoms with Crippen LogP contribution in [-0.2, 0) is 0 Å². The van der Waals surface area contributed by atoms with E-state index < -0.39 is 0 Å². The minimum absolute atomic E-state index is 0.0660. The molecule has 4 heteroatoms. The van der Waals surface area contributed by atoms with Gasteiger partial charge in [0.25, 0.3) is 0 Å². The molecular formula is C6H10N2O2. The molecular weight excluding hydrogens is 132 g/mol. The van der Waals surface area contributed by atoms with Crippen LogP contribution in [0.5, 0.6) is 0 Å². The third kappa shape index (κ3) is 4.94. The standard InChI is InChI=1S/C6H10N2O2/c1-2-3-7-6(10)8-4-5-9/h1,9H,3-5H2,(H2,7,8,10). The summed E-state index contributed by atoms with van der Waals surface area (Å²) in [4.78, 5) is 10.5. The minimum Gasteiger partial charge on any atom is -0.395 e. The summed E-state index contributed by atoms with van der Waals surface area (Å²) < 4.78 is 0. The molecule has 0 aromatic heterocycles. The number of aliphatic hydroxyl groups is 1. The zero-order valence-electron chi connectivity index (χ0n) is 5.55. The molecule has 0 bridgehead atoms. The number of carbonyl (C=O) groups is 1. The molecule has 0 fully saturated rings. The second-order valence-corrected chi connectivity index (χ2v) is 1.54. The SMILES string of the molecule is C#CCNC(=O)NCCO. The first-order valence-electron chi connectivity index (χ1n) is 2.87. The van der Waals surface area contributed by atoms with Crippen molar-refractivity contribution in [3.8, 4) is 12.3 Å². The van der Waals surface area contributed by atoms with Crippen molar-refractivity contribution in [3.05, 3.63) is 0 Å². The maximum absolute atomic E-state index is 10.5. The number of carbonyl (C=O) groups excluding carboxylic acids is 1. The number of nitrogens with one attached hydrogen (secondary N) is 2. The van der Waals surface area contributed by atoms with E-state index in [1.807, 2.05) is 0 Å². The highest BCUT2D eigenvalue weighted by molar-refractivity contribution is 5.73. The van der Waals surface area contributed by atoms with Crippen LogP contribution in [0.15, 0.2) is 0 Å². The highest BCUT2D eigenvalue weighted by Gasteiger charge is 1.93. The first-order valence-corrected chi connectivity index (χ1v) is 2.87. The summed E-state index contributed by atoms with van der Waals surface area (Å²) >= 11 is 0. The summed E-state index contributed by atoms with van der Waals surface area (Å²) in [6, 6.07) is -0.355. The molecule has 0 aliphatic rings. The molecule has 2 amide bonds. The number of hydrogen-bond acceptors (Lipinski definition) is 2. The lowest BCUT2D eigenvalue weighted by Crippen LogP contribution is -2.37. The van der Waals surface area contributed by atoms with Crippen LogP contribution in [0.4, 0.5) is 4.79 Å². The Labute approximate surface area is 59.6 Å². The second kappa shape index (κ2) is 5.92. The van der Waals surface area contributed by atoms with Crippen LogP contribution < -0.4 is 10.6 Å². The van der Waals surface area contributed by atoms with E-state index in [0.29, 0.717) is 0 Å². The van der Waals surface area contributed by atoms with Gasteiger partial charge in [0.1, 0.15) is 0 Å². The van der Waals surface area contributed by atoms with Crippen LogP contribution in [-0.4, -0.2) is 30.8 Å². The van der Waals surface area contributed by atoms with Crippen molar-refractivity contribution < 1.29 is 9.90 Å². The molecule has 0 aliphatic heterocycles. The Kier molecular flexibility index (Phi) is 5.20. The fourth-order valence-corrected chi connectivity index (χ4v) is 0.363. The summed E-state index contributed by atoms with van der Waals surface area (Å²) in [5.41, 5.74) is 0. The molecule has 0 heterocycles. The van der Waals surface area contributed by atoms with Crippen LogP contribution in [0.1, 0.15) is 0 Å². The summed E-state index contributed by atoms with van der Waals surface area (Å²) in [7, 11) is 0. The van der Waals surface area contributed by atoms with Gasteiger partial charge in [0.05, 0.1) is 13.2 Å². The van der Waals surface area contributed by atoms with Crippen LogP contribution in [0.3, 0.4) is 0 Å². The van der Waals surface area contributed by atoms with Crippen molar-refractivity contribution in [2.45, 2.75) is 0 Å². The van der Waals surface area contributed by atoms with Crippen molar-refractivity contribution in [3.63, 3.8) is 0 Å². The van der Waals surface area contributed by atoms with E-state index in [1.54, 1.807) is 0 Å². The van der Waals surface area contributed by atoms with Crippen LogP contribution in [0.25, 0.3) is 0 Å². The van der Waals surface area contributed by atoms with Crippen molar-refractivity contribution in [2.75, 3.05) is 19.7 Å². The Morgan fingerprint density at radius 1 is 1.60 bits per heavy atom. The van der Waals surface area contributed by atoms with Gasteiger partial charge in [-0.3, -0.25) is 0 Å².